The fourth-order valence-corrected chi connectivity index (χ4v) is 1.83. The Morgan fingerprint density at radius 3 is 2.94 bits per heavy atom. The first-order chi connectivity index (χ1) is 8.25. The summed E-state index contributed by atoms with van der Waals surface area (Å²) in [7, 11) is 0. The van der Waals surface area contributed by atoms with Gasteiger partial charge in [-0.2, -0.15) is 5.10 Å². The third kappa shape index (κ3) is 1.48. The van der Waals surface area contributed by atoms with Gasteiger partial charge >= 0.3 is 6.03 Å². The van der Waals surface area contributed by atoms with Crippen LogP contribution in [-0.4, -0.2) is 20.7 Å². The van der Waals surface area contributed by atoms with E-state index in [1.807, 2.05) is 30.5 Å². The number of hydrogen-bond donors (Lipinski definition) is 1. The molecule has 17 heavy (non-hydrogen) atoms. The number of hydrogen-bond acceptors (Lipinski definition) is 2. The number of amides is 2. The number of aromatic nitrogens is 2. The highest BCUT2D eigenvalue weighted by Crippen LogP contribution is 2.02. The summed E-state index contributed by atoms with van der Waals surface area (Å²) in [5.74, 6) is 0. The zero-order chi connectivity index (χ0) is 11.8. The third-order valence-electron chi connectivity index (χ3n) is 2.63. The molecule has 0 unspecified atom stereocenters. The SMILES string of the molecule is NC(=O)N1C=Cc2nn3c(c2=C1)=CC=CC=C3. The van der Waals surface area contributed by atoms with Gasteiger partial charge in [0.25, 0.3) is 0 Å². The topological polar surface area (TPSA) is 64.2 Å². The van der Waals surface area contributed by atoms with Gasteiger partial charge in [0.1, 0.15) is 0 Å². The number of nitrogens with two attached hydrogens (primary N) is 1. The summed E-state index contributed by atoms with van der Waals surface area (Å²) in [6.45, 7) is 0. The molecule has 0 aromatic carbocycles. The summed E-state index contributed by atoms with van der Waals surface area (Å²) in [4.78, 5) is 12.5. The molecular formula is C12H10N4O. The Bertz CT molecular complexity index is 691. The molecule has 84 valence electrons. The Morgan fingerprint density at radius 2 is 2.12 bits per heavy atom. The van der Waals surface area contributed by atoms with Gasteiger partial charge in [-0.25, -0.2) is 9.48 Å². The summed E-state index contributed by atoms with van der Waals surface area (Å²) in [6.07, 6.45) is 14.6. The van der Waals surface area contributed by atoms with Gasteiger partial charge in [-0.15, -0.1) is 0 Å². The summed E-state index contributed by atoms with van der Waals surface area (Å²) in [6, 6.07) is -0.508. The molecule has 0 spiro atoms. The van der Waals surface area contributed by atoms with Crippen molar-refractivity contribution in [2.45, 2.75) is 0 Å². The van der Waals surface area contributed by atoms with E-state index in [9.17, 15) is 4.79 Å². The van der Waals surface area contributed by atoms with E-state index in [1.54, 1.807) is 23.2 Å². The minimum atomic E-state index is -0.508. The summed E-state index contributed by atoms with van der Waals surface area (Å²) in [5, 5.41) is 6.23. The molecule has 0 saturated heterocycles. The predicted octanol–water partition coefficient (Wildman–Crippen LogP) is -0.193. The number of urea groups is 1. The van der Waals surface area contributed by atoms with Crippen LogP contribution in [0.5, 0.6) is 0 Å². The number of carbonyl (C=O) groups excluding carboxylic acids is 1. The van der Waals surface area contributed by atoms with E-state index in [-0.39, 0.29) is 0 Å². The van der Waals surface area contributed by atoms with Gasteiger partial charge in [0.2, 0.25) is 0 Å². The van der Waals surface area contributed by atoms with Gasteiger partial charge in [-0.1, -0.05) is 12.2 Å². The molecule has 0 bridgehead atoms. The molecule has 0 fully saturated rings. The van der Waals surface area contributed by atoms with Crippen molar-refractivity contribution in [1.82, 2.24) is 14.7 Å². The first-order valence-corrected chi connectivity index (χ1v) is 5.17. The molecule has 2 aliphatic rings. The third-order valence-corrected chi connectivity index (χ3v) is 2.63. The van der Waals surface area contributed by atoms with Gasteiger partial charge in [-0.05, 0) is 18.2 Å². The van der Waals surface area contributed by atoms with E-state index in [4.69, 9.17) is 5.73 Å². The number of carbonyl (C=O) groups is 1. The Labute approximate surface area is 97.1 Å². The molecule has 1 aromatic heterocycles. The Morgan fingerprint density at radius 1 is 1.24 bits per heavy atom. The average Bonchev–Trinajstić information content (AvgIpc) is 2.51. The van der Waals surface area contributed by atoms with Crippen LogP contribution in [0.3, 0.4) is 0 Å². The molecule has 0 saturated carbocycles. The van der Waals surface area contributed by atoms with Crippen molar-refractivity contribution >= 4 is 30.6 Å². The molecule has 3 rings (SSSR count). The highest BCUT2D eigenvalue weighted by Gasteiger charge is 2.11. The Hall–Kier alpha value is -2.56. The largest absolute Gasteiger partial charge is 0.351 e. The molecule has 2 aliphatic heterocycles. The lowest BCUT2D eigenvalue weighted by atomic mass is 10.2. The lowest BCUT2D eigenvalue weighted by Crippen LogP contribution is -2.35. The molecule has 5 heteroatoms. The summed E-state index contributed by atoms with van der Waals surface area (Å²) >= 11 is 0. The van der Waals surface area contributed by atoms with E-state index in [2.05, 4.69) is 5.10 Å². The lowest BCUT2D eigenvalue weighted by molar-refractivity contribution is 0.238. The fourth-order valence-electron chi connectivity index (χ4n) is 1.83. The van der Waals surface area contributed by atoms with E-state index in [0.717, 1.165) is 16.3 Å². The van der Waals surface area contributed by atoms with Crippen molar-refractivity contribution in [3.8, 4) is 0 Å². The van der Waals surface area contributed by atoms with E-state index in [0.29, 0.717) is 0 Å². The van der Waals surface area contributed by atoms with Crippen LogP contribution in [-0.2, 0) is 0 Å². The van der Waals surface area contributed by atoms with Crippen molar-refractivity contribution in [1.29, 1.82) is 0 Å². The lowest BCUT2D eigenvalue weighted by Gasteiger charge is -2.11. The minimum absolute atomic E-state index is 0.508. The zero-order valence-electron chi connectivity index (χ0n) is 8.95. The fraction of sp³-hybridized carbons (Fsp3) is 0. The van der Waals surface area contributed by atoms with Crippen LogP contribution in [0.15, 0.2) is 24.4 Å². The molecule has 0 radical (unpaired) electrons. The highest BCUT2D eigenvalue weighted by atomic mass is 16.2. The van der Waals surface area contributed by atoms with Crippen LogP contribution < -0.4 is 16.3 Å². The molecule has 3 heterocycles. The van der Waals surface area contributed by atoms with Gasteiger partial charge in [0, 0.05) is 23.8 Å². The van der Waals surface area contributed by atoms with Gasteiger partial charge in [-0.3, -0.25) is 4.90 Å². The number of rotatable bonds is 0. The van der Waals surface area contributed by atoms with Gasteiger partial charge in [0.05, 0.1) is 11.0 Å². The van der Waals surface area contributed by atoms with Crippen LogP contribution in [0.2, 0.25) is 0 Å². The van der Waals surface area contributed by atoms with Crippen LogP contribution in [0.25, 0.3) is 24.6 Å². The molecule has 1 aromatic rings. The second kappa shape index (κ2) is 3.48. The van der Waals surface area contributed by atoms with Crippen molar-refractivity contribution in [2.24, 2.45) is 5.73 Å². The zero-order valence-corrected chi connectivity index (χ0v) is 8.95. The number of allylic oxidation sites excluding steroid dienone is 3. The second-order valence-electron chi connectivity index (χ2n) is 3.71. The number of nitrogens with zero attached hydrogens (tertiary/aromatic N) is 3. The van der Waals surface area contributed by atoms with Crippen molar-refractivity contribution < 1.29 is 4.79 Å². The second-order valence-corrected chi connectivity index (χ2v) is 3.71. The predicted molar refractivity (Wildman–Crippen MR) is 65.3 cm³/mol. The van der Waals surface area contributed by atoms with Crippen LogP contribution in [0.4, 0.5) is 4.79 Å². The maximum atomic E-state index is 11.1. The quantitative estimate of drug-likeness (QED) is 0.666. The molecule has 0 aliphatic carbocycles. The molecule has 0 atom stereocenters. The minimum Gasteiger partial charge on any atom is -0.351 e. The highest BCUT2D eigenvalue weighted by molar-refractivity contribution is 5.80. The molecule has 5 nitrogen and oxygen atoms in total. The smallest absolute Gasteiger partial charge is 0.322 e. The maximum Gasteiger partial charge on any atom is 0.322 e. The van der Waals surface area contributed by atoms with E-state index in [1.165, 1.54) is 4.90 Å². The van der Waals surface area contributed by atoms with Crippen molar-refractivity contribution in [3.63, 3.8) is 0 Å². The van der Waals surface area contributed by atoms with Crippen LogP contribution >= 0.6 is 0 Å². The summed E-state index contributed by atoms with van der Waals surface area (Å²) in [5.41, 5.74) is 6.07. The standard InChI is InChI=1S/C12H10N4O/c13-12(17)15-7-5-10-9(8-15)11-4-2-1-3-6-16(11)14-10/h1-8H,(H2,13,17). The van der Waals surface area contributed by atoms with Crippen LogP contribution in [0, 0.1) is 0 Å². The maximum absolute atomic E-state index is 11.1. The van der Waals surface area contributed by atoms with Crippen LogP contribution in [0.1, 0.15) is 5.69 Å². The number of primary amides is 1. The first kappa shape index (κ1) is 9.65. The van der Waals surface area contributed by atoms with Gasteiger partial charge in [0.15, 0.2) is 0 Å². The van der Waals surface area contributed by atoms with Gasteiger partial charge < -0.3 is 5.73 Å². The van der Waals surface area contributed by atoms with Crippen molar-refractivity contribution in [3.05, 3.63) is 40.7 Å². The van der Waals surface area contributed by atoms with E-state index < -0.39 is 6.03 Å². The molecular weight excluding hydrogens is 216 g/mol. The average molecular weight is 226 g/mol. The Balaban J connectivity index is 2.31. The Kier molecular flexibility index (Phi) is 1.98. The number of fused-ring (bicyclic) bond motifs is 3. The summed E-state index contributed by atoms with van der Waals surface area (Å²) < 4.78 is 1.77. The first-order valence-electron chi connectivity index (χ1n) is 5.17. The van der Waals surface area contributed by atoms with Crippen molar-refractivity contribution in [2.75, 3.05) is 0 Å². The molecule has 2 amide bonds. The molecule has 2 N–H and O–H groups in total. The monoisotopic (exact) mass is 226 g/mol. The van der Waals surface area contributed by atoms with E-state index >= 15 is 0 Å². The normalized spacial score (nSPS) is 15.6.